The Hall–Kier alpha value is -2.43. The molecule has 1 aliphatic carbocycles. The predicted octanol–water partition coefficient (Wildman–Crippen LogP) is 3.13. The number of amides is 1. The summed E-state index contributed by atoms with van der Waals surface area (Å²) in [7, 11) is 0. The minimum absolute atomic E-state index is 0.0646. The lowest BCUT2D eigenvalue weighted by Gasteiger charge is -2.29. The van der Waals surface area contributed by atoms with Crippen LogP contribution in [0.5, 0.6) is 0 Å². The van der Waals surface area contributed by atoms with Gasteiger partial charge < -0.3 is 10.3 Å². The molecule has 1 aliphatic rings. The number of H-pyrrole nitrogens is 1. The highest BCUT2D eigenvalue weighted by Crippen LogP contribution is 2.37. The Labute approximate surface area is 147 Å². The molecule has 1 aromatic carbocycles. The van der Waals surface area contributed by atoms with Crippen LogP contribution in [-0.2, 0) is 5.41 Å². The summed E-state index contributed by atoms with van der Waals surface area (Å²) in [5.41, 5.74) is 0.871. The van der Waals surface area contributed by atoms with E-state index in [1.807, 2.05) is 25.1 Å². The molecule has 0 spiro atoms. The Bertz CT molecular complexity index is 807. The molecule has 1 unspecified atom stereocenters. The lowest BCUT2D eigenvalue weighted by Crippen LogP contribution is -2.39. The Morgan fingerprint density at radius 1 is 1.32 bits per heavy atom. The van der Waals surface area contributed by atoms with Crippen molar-refractivity contribution in [2.24, 2.45) is 0 Å². The number of carbonyl (C=O) groups excluding carboxylic acids is 1. The molecule has 1 aromatic heterocycles. The molecular formula is C20H25N3O2. The predicted molar refractivity (Wildman–Crippen MR) is 97.8 cm³/mol. The number of aromatic amines is 1. The number of carbonyl (C=O) groups is 1. The molecule has 1 heterocycles. The van der Waals surface area contributed by atoms with Crippen LogP contribution in [0.4, 0.5) is 0 Å². The average molecular weight is 339 g/mol. The molecule has 1 fully saturated rings. The van der Waals surface area contributed by atoms with Gasteiger partial charge >= 0.3 is 0 Å². The third-order valence-corrected chi connectivity index (χ3v) is 4.78. The van der Waals surface area contributed by atoms with E-state index < -0.39 is 0 Å². The molecule has 2 aromatic rings. The molecule has 3 rings (SSSR count). The van der Waals surface area contributed by atoms with Crippen LogP contribution in [0.1, 0.15) is 67.7 Å². The zero-order valence-corrected chi connectivity index (χ0v) is 15.0. The quantitative estimate of drug-likeness (QED) is 0.849. The summed E-state index contributed by atoms with van der Waals surface area (Å²) in [6.45, 7) is 6.27. The van der Waals surface area contributed by atoms with Gasteiger partial charge in [0.2, 0.25) is 0 Å². The normalized spacial score (nSPS) is 15.6. The smallest absolute Gasteiger partial charge is 0.263 e. The second kappa shape index (κ2) is 6.82. The summed E-state index contributed by atoms with van der Waals surface area (Å²) in [6.07, 6.45) is 4.28. The van der Waals surface area contributed by atoms with Gasteiger partial charge in [0, 0.05) is 18.2 Å². The van der Waals surface area contributed by atoms with Crippen molar-refractivity contribution in [1.29, 1.82) is 0 Å². The van der Waals surface area contributed by atoms with Crippen molar-refractivity contribution in [3.05, 3.63) is 63.8 Å². The molecular weight excluding hydrogens is 314 g/mol. The van der Waals surface area contributed by atoms with E-state index in [-0.39, 0.29) is 28.5 Å². The SMILES string of the molecule is CC(CC(C)(C)c1ccccc1)NC(=O)c1cnc(C2CC2)[nH]c1=O. The molecule has 0 bridgehead atoms. The molecule has 1 amide bonds. The topological polar surface area (TPSA) is 74.8 Å². The number of benzene rings is 1. The maximum absolute atomic E-state index is 12.4. The molecule has 25 heavy (non-hydrogen) atoms. The largest absolute Gasteiger partial charge is 0.349 e. The minimum atomic E-state index is -0.368. The molecule has 0 saturated heterocycles. The Kier molecular flexibility index (Phi) is 4.75. The van der Waals surface area contributed by atoms with Crippen molar-refractivity contribution in [2.45, 2.75) is 57.4 Å². The van der Waals surface area contributed by atoms with Crippen LogP contribution >= 0.6 is 0 Å². The van der Waals surface area contributed by atoms with E-state index >= 15 is 0 Å². The number of hydrogen-bond acceptors (Lipinski definition) is 3. The van der Waals surface area contributed by atoms with Crippen LogP contribution in [0.25, 0.3) is 0 Å². The van der Waals surface area contributed by atoms with Gasteiger partial charge in [-0.25, -0.2) is 4.98 Å². The van der Waals surface area contributed by atoms with E-state index in [1.54, 1.807) is 0 Å². The van der Waals surface area contributed by atoms with E-state index in [0.29, 0.717) is 11.7 Å². The summed E-state index contributed by atoms with van der Waals surface area (Å²) in [5.74, 6) is 0.683. The second-order valence-electron chi connectivity index (χ2n) is 7.61. The van der Waals surface area contributed by atoms with Crippen LogP contribution in [0.15, 0.2) is 41.3 Å². The lowest BCUT2D eigenvalue weighted by atomic mass is 9.79. The average Bonchev–Trinajstić information content (AvgIpc) is 3.39. The first-order valence-electron chi connectivity index (χ1n) is 8.82. The van der Waals surface area contributed by atoms with Crippen LogP contribution in [-0.4, -0.2) is 21.9 Å². The van der Waals surface area contributed by atoms with Gasteiger partial charge in [0.05, 0.1) is 0 Å². The standard InChI is InChI=1S/C20H25N3O2/c1-13(11-20(2,3)15-7-5-4-6-8-15)22-18(24)16-12-21-17(14-9-10-14)23-19(16)25/h4-8,12-14H,9-11H2,1-3H3,(H,22,24)(H,21,23,25). The third-order valence-electron chi connectivity index (χ3n) is 4.78. The van der Waals surface area contributed by atoms with E-state index in [9.17, 15) is 9.59 Å². The van der Waals surface area contributed by atoms with E-state index in [1.165, 1.54) is 11.8 Å². The number of nitrogens with zero attached hydrogens (tertiary/aromatic N) is 1. The van der Waals surface area contributed by atoms with Crippen molar-refractivity contribution in [3.63, 3.8) is 0 Å². The summed E-state index contributed by atoms with van der Waals surface area (Å²) in [6, 6.07) is 10.2. The van der Waals surface area contributed by atoms with Crippen molar-refractivity contribution in [2.75, 3.05) is 0 Å². The maximum atomic E-state index is 12.4. The summed E-state index contributed by atoms with van der Waals surface area (Å²) < 4.78 is 0. The van der Waals surface area contributed by atoms with Crippen molar-refractivity contribution in [3.8, 4) is 0 Å². The van der Waals surface area contributed by atoms with Crippen LogP contribution < -0.4 is 10.9 Å². The zero-order valence-electron chi connectivity index (χ0n) is 15.0. The summed E-state index contributed by atoms with van der Waals surface area (Å²) in [5, 5.41) is 2.93. The van der Waals surface area contributed by atoms with Crippen LogP contribution in [0.3, 0.4) is 0 Å². The third kappa shape index (κ3) is 4.16. The van der Waals surface area contributed by atoms with Crippen molar-refractivity contribution >= 4 is 5.91 Å². The fourth-order valence-electron chi connectivity index (χ4n) is 3.26. The zero-order chi connectivity index (χ0) is 18.0. The summed E-state index contributed by atoms with van der Waals surface area (Å²) >= 11 is 0. The second-order valence-corrected chi connectivity index (χ2v) is 7.61. The number of rotatable bonds is 6. The highest BCUT2D eigenvalue weighted by Gasteiger charge is 2.28. The van der Waals surface area contributed by atoms with E-state index in [2.05, 4.69) is 41.3 Å². The molecule has 132 valence electrons. The number of nitrogens with one attached hydrogen (secondary N) is 2. The fraction of sp³-hybridized carbons (Fsp3) is 0.450. The van der Waals surface area contributed by atoms with Gasteiger partial charge in [0.15, 0.2) is 0 Å². The van der Waals surface area contributed by atoms with Crippen LogP contribution in [0, 0.1) is 0 Å². The van der Waals surface area contributed by atoms with Crippen molar-refractivity contribution < 1.29 is 4.79 Å². The molecule has 2 N–H and O–H groups in total. The molecule has 1 atom stereocenters. The van der Waals surface area contributed by atoms with Gasteiger partial charge in [-0.2, -0.15) is 0 Å². The first-order chi connectivity index (χ1) is 11.9. The first-order valence-corrected chi connectivity index (χ1v) is 8.82. The van der Waals surface area contributed by atoms with Crippen LogP contribution in [0.2, 0.25) is 0 Å². The van der Waals surface area contributed by atoms with E-state index in [4.69, 9.17) is 0 Å². The van der Waals surface area contributed by atoms with Gasteiger partial charge in [0.25, 0.3) is 11.5 Å². The van der Waals surface area contributed by atoms with E-state index in [0.717, 1.165) is 19.3 Å². The molecule has 0 aliphatic heterocycles. The number of hydrogen-bond donors (Lipinski definition) is 2. The lowest BCUT2D eigenvalue weighted by molar-refractivity contribution is 0.0932. The van der Waals surface area contributed by atoms with Crippen molar-refractivity contribution in [1.82, 2.24) is 15.3 Å². The molecule has 5 nitrogen and oxygen atoms in total. The molecule has 0 radical (unpaired) electrons. The highest BCUT2D eigenvalue weighted by molar-refractivity contribution is 5.93. The summed E-state index contributed by atoms with van der Waals surface area (Å²) in [4.78, 5) is 31.5. The Morgan fingerprint density at radius 3 is 2.60 bits per heavy atom. The van der Waals surface area contributed by atoms with Gasteiger partial charge in [-0.05, 0) is 37.2 Å². The number of aromatic nitrogens is 2. The van der Waals surface area contributed by atoms with Gasteiger partial charge in [-0.15, -0.1) is 0 Å². The monoisotopic (exact) mass is 339 g/mol. The van der Waals surface area contributed by atoms with Gasteiger partial charge in [-0.1, -0.05) is 44.2 Å². The fourth-order valence-corrected chi connectivity index (χ4v) is 3.26. The molecule has 1 saturated carbocycles. The Morgan fingerprint density at radius 2 is 2.00 bits per heavy atom. The van der Waals surface area contributed by atoms with Gasteiger partial charge in [-0.3, -0.25) is 9.59 Å². The maximum Gasteiger partial charge on any atom is 0.263 e. The highest BCUT2D eigenvalue weighted by atomic mass is 16.2. The minimum Gasteiger partial charge on any atom is -0.349 e. The van der Waals surface area contributed by atoms with Gasteiger partial charge in [0.1, 0.15) is 11.4 Å². The molecule has 5 heteroatoms. The Balaban J connectivity index is 1.65. The first kappa shape index (κ1) is 17.4.